The van der Waals surface area contributed by atoms with E-state index in [0.29, 0.717) is 30.8 Å². The average Bonchev–Trinajstić information content (AvgIpc) is 3.79. The van der Waals surface area contributed by atoms with Gasteiger partial charge in [-0.1, -0.05) is 42.3 Å². The van der Waals surface area contributed by atoms with Crippen LogP contribution in [-0.2, 0) is 39.8 Å². The number of nitrogens with one attached hydrogen (secondary N) is 1. The number of benzene rings is 1. The Labute approximate surface area is 304 Å². The zero-order valence-corrected chi connectivity index (χ0v) is 31.3. The van der Waals surface area contributed by atoms with Gasteiger partial charge in [-0.2, -0.15) is 0 Å². The minimum Gasteiger partial charge on any atom is -0.495 e. The Morgan fingerprint density at radius 3 is 2.63 bits per heavy atom. The van der Waals surface area contributed by atoms with E-state index >= 15 is 0 Å². The highest BCUT2D eigenvalue weighted by Gasteiger charge is 2.64. The van der Waals surface area contributed by atoms with Crippen LogP contribution in [0.5, 0.6) is 5.75 Å². The molecule has 2 saturated heterocycles. The number of nitrogens with two attached hydrogens (primary N) is 1. The predicted octanol–water partition coefficient (Wildman–Crippen LogP) is 3.25. The van der Waals surface area contributed by atoms with Crippen LogP contribution in [-0.4, -0.2) is 111 Å². The number of carbonyl (C=O) groups excluding carboxylic acids is 4. The second-order valence-electron chi connectivity index (χ2n) is 13.8. The number of epoxide rings is 1. The molecule has 1 aromatic carbocycles. The smallest absolute Gasteiger partial charge is 0.409 e. The predicted molar refractivity (Wildman–Crippen MR) is 189 cm³/mol. The molecule has 4 N–H and O–H groups in total. The van der Waals surface area contributed by atoms with E-state index in [2.05, 4.69) is 5.32 Å². The molecule has 4 bridgehead atoms. The first kappa shape index (κ1) is 40.1. The largest absolute Gasteiger partial charge is 0.495 e. The quantitative estimate of drug-likeness (QED) is 0.263. The van der Waals surface area contributed by atoms with E-state index in [9.17, 15) is 24.3 Å². The number of hydrogen-bond donors (Lipinski definition) is 3. The molecule has 0 aromatic heterocycles. The van der Waals surface area contributed by atoms with Crippen molar-refractivity contribution in [3.05, 3.63) is 46.5 Å². The van der Waals surface area contributed by atoms with Crippen molar-refractivity contribution < 1.29 is 48.0 Å². The van der Waals surface area contributed by atoms with Gasteiger partial charge in [0.05, 0.1) is 25.3 Å². The van der Waals surface area contributed by atoms with Crippen LogP contribution in [0.4, 0.5) is 10.5 Å². The summed E-state index contributed by atoms with van der Waals surface area (Å²) in [6.45, 7) is 7.29. The number of likely N-dealkylation sites (N-methyl/N-ethyl adjacent to an activating group) is 1. The van der Waals surface area contributed by atoms with Crippen LogP contribution in [0.25, 0.3) is 0 Å². The first-order chi connectivity index (χ1) is 24.0. The summed E-state index contributed by atoms with van der Waals surface area (Å²) in [5.41, 5.74) is 4.65. The van der Waals surface area contributed by atoms with Gasteiger partial charge in [0.2, 0.25) is 11.8 Å². The fourth-order valence-corrected chi connectivity index (χ4v) is 6.96. The molecule has 4 rings (SSSR count). The third kappa shape index (κ3) is 8.86. The number of nitrogens with zero attached hydrogens (tertiary/aromatic N) is 2. The first-order valence-corrected chi connectivity index (χ1v) is 17.4. The van der Waals surface area contributed by atoms with Gasteiger partial charge in [-0.15, -0.1) is 0 Å². The zero-order valence-electron chi connectivity index (χ0n) is 30.6. The molecule has 3 amide bonds. The van der Waals surface area contributed by atoms with Crippen LogP contribution in [0, 0.1) is 5.92 Å². The molecular weight excluding hydrogens is 684 g/mol. The van der Waals surface area contributed by atoms with Gasteiger partial charge in [-0.3, -0.25) is 14.9 Å². The maximum absolute atomic E-state index is 14.1. The Kier molecular flexibility index (Phi) is 12.8. The van der Waals surface area contributed by atoms with Crippen LogP contribution >= 0.6 is 11.6 Å². The Morgan fingerprint density at radius 1 is 1.27 bits per heavy atom. The lowest BCUT2D eigenvalue weighted by Gasteiger charge is -2.42. The number of fused-ring (bicyclic) bond motifs is 5. The van der Waals surface area contributed by atoms with Crippen molar-refractivity contribution >= 4 is 41.2 Å². The molecule has 0 saturated carbocycles. The third-order valence-corrected chi connectivity index (χ3v) is 10.5. The summed E-state index contributed by atoms with van der Waals surface area (Å²) >= 11 is 6.74. The van der Waals surface area contributed by atoms with Gasteiger partial charge < -0.3 is 44.3 Å². The summed E-state index contributed by atoms with van der Waals surface area (Å²) in [5.74, 6) is -1.61. The number of methoxy groups -OCH3 is 2. The van der Waals surface area contributed by atoms with E-state index in [1.165, 1.54) is 31.1 Å². The lowest BCUT2D eigenvalue weighted by Crippen LogP contribution is -2.63. The van der Waals surface area contributed by atoms with Gasteiger partial charge in [0.1, 0.15) is 40.7 Å². The lowest BCUT2D eigenvalue weighted by molar-refractivity contribution is -0.162. The zero-order chi connectivity index (χ0) is 37.8. The number of halogens is 1. The SMILES string of the molecule is COc1cc2cc(c1Cl)N(C)C(=O)CC(OC(=O)[C@H](C)N(C)C(=O)CCCN)[C@]1(C)O[C@H]1[C@H](C)[C@@H]1C[C@@](O)(NC(=O)O1)[C@H](OC)/C=C/C=C(\C)C2. The molecule has 282 valence electrons. The van der Waals surface area contributed by atoms with Crippen molar-refractivity contribution in [2.75, 3.05) is 39.8 Å². The molecule has 3 aliphatic rings. The molecular formula is C36H51ClN4O10. The standard InChI is InChI=1S/C36H51ClN4O10/c1-20-11-9-12-27(48-8)36(46)19-26(49-34(45)39-36)21(2)32-35(4,51-32)28(50-33(44)22(3)40(5)29(42)13-10-14-38)18-30(43)41(6)24-16-23(15-20)17-25(47-7)31(24)37/h9,11-12,16-17,21-22,26-28,32,46H,10,13-15,18-19,38H2,1-8H3,(H,39,45)/b12-9+,20-11+/t21-,22+,26+,27-,28?,32+,35+,36+/m1/s1. The Bertz CT molecular complexity index is 1550. The summed E-state index contributed by atoms with van der Waals surface area (Å²) in [6.07, 6.45) is 1.55. The number of anilines is 1. The van der Waals surface area contributed by atoms with Gasteiger partial charge in [-0.05, 0) is 57.9 Å². The molecule has 3 heterocycles. The number of rotatable bonds is 8. The molecule has 2 fully saturated rings. The highest BCUT2D eigenvalue weighted by Crippen LogP contribution is 2.49. The van der Waals surface area contributed by atoms with Crippen LogP contribution in [0.15, 0.2) is 35.9 Å². The van der Waals surface area contributed by atoms with Gasteiger partial charge >= 0.3 is 12.1 Å². The highest BCUT2D eigenvalue weighted by molar-refractivity contribution is 6.35. The number of aliphatic hydroxyl groups is 1. The summed E-state index contributed by atoms with van der Waals surface area (Å²) in [7, 11) is 5.99. The second-order valence-corrected chi connectivity index (χ2v) is 14.2. The van der Waals surface area contributed by atoms with Crippen molar-refractivity contribution in [1.82, 2.24) is 10.2 Å². The summed E-state index contributed by atoms with van der Waals surface area (Å²) in [4.78, 5) is 55.9. The monoisotopic (exact) mass is 734 g/mol. The third-order valence-electron chi connectivity index (χ3n) is 10.1. The van der Waals surface area contributed by atoms with E-state index in [1.807, 2.05) is 13.0 Å². The first-order valence-electron chi connectivity index (χ1n) is 17.0. The molecule has 0 aliphatic carbocycles. The van der Waals surface area contributed by atoms with E-state index in [4.69, 9.17) is 41.0 Å². The van der Waals surface area contributed by atoms with Crippen molar-refractivity contribution in [3.63, 3.8) is 0 Å². The van der Waals surface area contributed by atoms with Crippen LogP contribution in [0.2, 0.25) is 5.02 Å². The Morgan fingerprint density at radius 2 is 1.98 bits per heavy atom. The molecule has 8 atom stereocenters. The van der Waals surface area contributed by atoms with Crippen molar-refractivity contribution in [2.24, 2.45) is 11.7 Å². The number of allylic oxidation sites excluding steroid dienone is 3. The molecule has 14 nitrogen and oxygen atoms in total. The normalized spacial score (nSPS) is 31.9. The molecule has 51 heavy (non-hydrogen) atoms. The molecule has 15 heteroatoms. The van der Waals surface area contributed by atoms with Gasteiger partial charge in [0, 0.05) is 40.0 Å². The number of esters is 1. The second kappa shape index (κ2) is 16.3. The number of amides is 3. The van der Waals surface area contributed by atoms with Crippen molar-refractivity contribution in [3.8, 4) is 5.75 Å². The summed E-state index contributed by atoms with van der Waals surface area (Å²) < 4.78 is 29.1. The molecule has 0 spiro atoms. The number of carbonyl (C=O) groups is 4. The van der Waals surface area contributed by atoms with Crippen LogP contribution in [0.3, 0.4) is 0 Å². The fourth-order valence-electron chi connectivity index (χ4n) is 6.65. The van der Waals surface area contributed by atoms with Crippen LogP contribution in [0.1, 0.15) is 58.9 Å². The minimum atomic E-state index is -1.82. The van der Waals surface area contributed by atoms with E-state index < -0.39 is 65.7 Å². The molecule has 1 aromatic rings. The van der Waals surface area contributed by atoms with E-state index in [1.54, 1.807) is 52.1 Å². The maximum Gasteiger partial charge on any atom is 0.409 e. The van der Waals surface area contributed by atoms with Gasteiger partial charge in [0.15, 0.2) is 5.72 Å². The van der Waals surface area contributed by atoms with Crippen LogP contribution < -0.4 is 20.7 Å². The molecule has 3 aliphatic heterocycles. The van der Waals surface area contributed by atoms with E-state index in [-0.39, 0.29) is 30.2 Å². The van der Waals surface area contributed by atoms with E-state index in [0.717, 1.165) is 11.1 Å². The average molecular weight is 735 g/mol. The summed E-state index contributed by atoms with van der Waals surface area (Å²) in [5, 5.41) is 14.4. The Balaban J connectivity index is 1.76. The fraction of sp³-hybridized carbons (Fsp3) is 0.611. The molecule has 1 unspecified atom stereocenters. The van der Waals surface area contributed by atoms with Gasteiger partial charge in [0.25, 0.3) is 0 Å². The lowest BCUT2D eigenvalue weighted by atomic mass is 9.83. The topological polar surface area (TPSA) is 182 Å². The van der Waals surface area contributed by atoms with Crippen molar-refractivity contribution in [1.29, 1.82) is 0 Å². The number of alkyl carbamates (subject to hydrolysis) is 1. The summed E-state index contributed by atoms with van der Waals surface area (Å²) in [6, 6.07) is 2.60. The van der Waals surface area contributed by atoms with Crippen molar-refractivity contribution in [2.45, 2.75) is 102 Å². The van der Waals surface area contributed by atoms with Gasteiger partial charge in [-0.25, -0.2) is 9.59 Å². The maximum atomic E-state index is 14.1. The Hall–Kier alpha value is -3.69. The minimum absolute atomic E-state index is 0.0512. The number of ether oxygens (including phenoxy) is 5. The highest BCUT2D eigenvalue weighted by atomic mass is 35.5. The number of hydrogen-bond acceptors (Lipinski definition) is 11. The molecule has 0 radical (unpaired) electrons.